The van der Waals surface area contributed by atoms with Gasteiger partial charge in [-0.3, -0.25) is 0 Å². The number of para-hydroxylation sites is 1. The molecule has 0 unspecified atom stereocenters. The van der Waals surface area contributed by atoms with E-state index >= 15 is 0 Å². The predicted octanol–water partition coefficient (Wildman–Crippen LogP) is 6.55. The zero-order valence-electron chi connectivity index (χ0n) is 13.8. The van der Waals surface area contributed by atoms with Crippen LogP contribution in [0.1, 0.15) is 26.3 Å². The molecule has 1 aromatic heterocycles. The fourth-order valence-corrected chi connectivity index (χ4v) is 3.09. The lowest BCUT2D eigenvalue weighted by Gasteiger charge is -2.20. The van der Waals surface area contributed by atoms with Crippen molar-refractivity contribution in [2.24, 2.45) is 0 Å². The lowest BCUT2D eigenvalue weighted by atomic mass is 9.84. The summed E-state index contributed by atoms with van der Waals surface area (Å²) in [7, 11) is 0. The first-order chi connectivity index (χ1) is 11.0. The van der Waals surface area contributed by atoms with E-state index in [1.165, 1.54) is 27.5 Å². The highest BCUT2D eigenvalue weighted by Crippen LogP contribution is 2.39. The molecule has 0 aliphatic heterocycles. The zero-order chi connectivity index (χ0) is 16.0. The maximum absolute atomic E-state index is 6.21. The van der Waals surface area contributed by atoms with E-state index in [0.717, 1.165) is 11.2 Å². The van der Waals surface area contributed by atoms with Crippen molar-refractivity contribution >= 4 is 21.9 Å². The zero-order valence-corrected chi connectivity index (χ0v) is 13.8. The van der Waals surface area contributed by atoms with Crippen LogP contribution in [0.5, 0.6) is 0 Å². The summed E-state index contributed by atoms with van der Waals surface area (Å²) in [6, 6.07) is 23.3. The van der Waals surface area contributed by atoms with E-state index < -0.39 is 0 Å². The van der Waals surface area contributed by atoms with Gasteiger partial charge in [-0.05, 0) is 34.7 Å². The third-order valence-corrected chi connectivity index (χ3v) is 4.43. The summed E-state index contributed by atoms with van der Waals surface area (Å²) in [5, 5.41) is 2.39. The molecule has 1 nitrogen and oxygen atoms in total. The second-order valence-corrected chi connectivity index (χ2v) is 7.11. The average molecular weight is 300 g/mol. The van der Waals surface area contributed by atoms with Crippen LogP contribution in [0.4, 0.5) is 0 Å². The van der Waals surface area contributed by atoms with Crippen LogP contribution in [0.25, 0.3) is 33.1 Å². The van der Waals surface area contributed by atoms with Crippen LogP contribution >= 0.6 is 0 Å². The minimum absolute atomic E-state index is 0.0933. The fraction of sp³-hybridized carbons (Fsp3) is 0.182. The largest absolute Gasteiger partial charge is 0.455 e. The van der Waals surface area contributed by atoms with Gasteiger partial charge in [0, 0.05) is 16.3 Å². The predicted molar refractivity (Wildman–Crippen MR) is 97.9 cm³/mol. The minimum Gasteiger partial charge on any atom is -0.455 e. The molecule has 0 aliphatic carbocycles. The number of hydrogen-bond acceptors (Lipinski definition) is 1. The van der Waals surface area contributed by atoms with Crippen LogP contribution in [0.2, 0.25) is 0 Å². The second kappa shape index (κ2) is 4.99. The molecule has 0 N–H and O–H groups in total. The van der Waals surface area contributed by atoms with Crippen molar-refractivity contribution in [3.8, 4) is 11.1 Å². The van der Waals surface area contributed by atoms with Crippen molar-refractivity contribution in [3.05, 3.63) is 72.3 Å². The van der Waals surface area contributed by atoms with Crippen molar-refractivity contribution < 1.29 is 4.42 Å². The van der Waals surface area contributed by atoms with Crippen molar-refractivity contribution in [2.75, 3.05) is 0 Å². The van der Waals surface area contributed by atoms with Crippen molar-refractivity contribution in [2.45, 2.75) is 26.2 Å². The first-order valence-corrected chi connectivity index (χ1v) is 8.05. The van der Waals surface area contributed by atoms with Crippen LogP contribution in [0, 0.1) is 0 Å². The van der Waals surface area contributed by atoms with E-state index in [1.807, 2.05) is 18.2 Å². The summed E-state index contributed by atoms with van der Waals surface area (Å²) in [5.41, 5.74) is 5.72. The summed E-state index contributed by atoms with van der Waals surface area (Å²) in [4.78, 5) is 0. The van der Waals surface area contributed by atoms with Gasteiger partial charge in [0.1, 0.15) is 11.2 Å². The van der Waals surface area contributed by atoms with Crippen LogP contribution in [0.3, 0.4) is 0 Å². The van der Waals surface area contributed by atoms with Gasteiger partial charge in [-0.25, -0.2) is 0 Å². The molecule has 0 spiro atoms. The van der Waals surface area contributed by atoms with E-state index in [-0.39, 0.29) is 5.41 Å². The van der Waals surface area contributed by atoms with E-state index in [4.69, 9.17) is 4.42 Å². The van der Waals surface area contributed by atoms with E-state index in [0.29, 0.717) is 0 Å². The lowest BCUT2D eigenvalue weighted by molar-refractivity contribution is 0.590. The Balaban J connectivity index is 2.15. The van der Waals surface area contributed by atoms with E-state index in [9.17, 15) is 0 Å². The molecule has 114 valence electrons. The fourth-order valence-electron chi connectivity index (χ4n) is 3.09. The molecule has 4 rings (SSSR count). The topological polar surface area (TPSA) is 13.1 Å². The molecular weight excluding hydrogens is 280 g/mol. The van der Waals surface area contributed by atoms with Crippen LogP contribution in [-0.2, 0) is 5.41 Å². The molecular formula is C22H20O. The molecule has 0 aliphatic rings. The maximum atomic E-state index is 6.21. The van der Waals surface area contributed by atoms with Crippen molar-refractivity contribution in [1.29, 1.82) is 0 Å². The Hall–Kier alpha value is -2.54. The monoisotopic (exact) mass is 300 g/mol. The number of benzene rings is 3. The number of fused-ring (bicyclic) bond motifs is 3. The Morgan fingerprint density at radius 1 is 0.739 bits per heavy atom. The number of hydrogen-bond donors (Lipinski definition) is 0. The van der Waals surface area contributed by atoms with E-state index in [2.05, 4.69) is 69.3 Å². The van der Waals surface area contributed by atoms with Crippen LogP contribution in [0.15, 0.2) is 71.1 Å². The molecule has 0 fully saturated rings. The number of rotatable bonds is 1. The maximum Gasteiger partial charge on any atom is 0.143 e. The Morgan fingerprint density at radius 2 is 1.43 bits per heavy atom. The number of furan rings is 1. The van der Waals surface area contributed by atoms with Crippen LogP contribution < -0.4 is 0 Å². The minimum atomic E-state index is 0.0933. The highest BCUT2D eigenvalue weighted by molar-refractivity contribution is 6.10. The van der Waals surface area contributed by atoms with Gasteiger partial charge in [0.2, 0.25) is 0 Å². The summed E-state index contributed by atoms with van der Waals surface area (Å²) in [6.07, 6.45) is 0. The Morgan fingerprint density at radius 3 is 2.17 bits per heavy atom. The van der Waals surface area contributed by atoms with Gasteiger partial charge in [-0.2, -0.15) is 0 Å². The molecule has 0 radical (unpaired) electrons. The van der Waals surface area contributed by atoms with Crippen molar-refractivity contribution in [3.63, 3.8) is 0 Å². The first kappa shape index (κ1) is 14.1. The van der Waals surface area contributed by atoms with Gasteiger partial charge >= 0.3 is 0 Å². The molecule has 0 atom stereocenters. The molecule has 0 saturated heterocycles. The van der Waals surface area contributed by atoms with Gasteiger partial charge in [-0.1, -0.05) is 69.3 Å². The molecule has 1 heterocycles. The Labute approximate surface area is 136 Å². The van der Waals surface area contributed by atoms with Gasteiger partial charge in [0.05, 0.1) is 0 Å². The van der Waals surface area contributed by atoms with Gasteiger partial charge in [0.15, 0.2) is 0 Å². The quantitative estimate of drug-likeness (QED) is 0.388. The smallest absolute Gasteiger partial charge is 0.143 e. The molecule has 0 saturated carbocycles. The molecule has 0 bridgehead atoms. The van der Waals surface area contributed by atoms with Gasteiger partial charge < -0.3 is 4.42 Å². The van der Waals surface area contributed by atoms with Crippen molar-refractivity contribution in [1.82, 2.24) is 0 Å². The Bertz CT molecular complexity index is 985. The molecule has 1 heteroatoms. The summed E-state index contributed by atoms with van der Waals surface area (Å²) >= 11 is 0. The molecule has 3 aromatic carbocycles. The van der Waals surface area contributed by atoms with Gasteiger partial charge in [0.25, 0.3) is 0 Å². The SMILES string of the molecule is CC(C)(C)c1cc(-c2ccccc2)c2oc3ccccc3c2c1. The normalized spacial score (nSPS) is 12.1. The summed E-state index contributed by atoms with van der Waals surface area (Å²) in [6.45, 7) is 6.77. The molecule has 0 amide bonds. The standard InChI is InChI=1S/C22H20O/c1-22(2,3)16-13-18(15-9-5-4-6-10-15)21-19(14-16)17-11-7-8-12-20(17)23-21/h4-14H,1-3H3. The first-order valence-electron chi connectivity index (χ1n) is 8.05. The highest BCUT2D eigenvalue weighted by atomic mass is 16.3. The Kier molecular flexibility index (Phi) is 3.05. The highest BCUT2D eigenvalue weighted by Gasteiger charge is 2.19. The summed E-state index contributed by atoms with van der Waals surface area (Å²) in [5.74, 6) is 0. The molecule has 4 aromatic rings. The lowest BCUT2D eigenvalue weighted by Crippen LogP contribution is -2.11. The van der Waals surface area contributed by atoms with Crippen LogP contribution in [-0.4, -0.2) is 0 Å². The van der Waals surface area contributed by atoms with Gasteiger partial charge in [-0.15, -0.1) is 0 Å². The van der Waals surface area contributed by atoms with E-state index in [1.54, 1.807) is 0 Å². The molecule has 23 heavy (non-hydrogen) atoms. The second-order valence-electron chi connectivity index (χ2n) is 7.11. The summed E-state index contributed by atoms with van der Waals surface area (Å²) < 4.78 is 6.21. The average Bonchev–Trinajstić information content (AvgIpc) is 2.92. The third kappa shape index (κ3) is 2.33. The third-order valence-electron chi connectivity index (χ3n) is 4.43.